The predicted molar refractivity (Wildman–Crippen MR) is 89.9 cm³/mol. The van der Waals surface area contributed by atoms with Crippen molar-refractivity contribution in [2.24, 2.45) is 5.14 Å². The zero-order valence-corrected chi connectivity index (χ0v) is 14.5. The molecule has 0 radical (unpaired) electrons. The van der Waals surface area contributed by atoms with Crippen LogP contribution in [0.5, 0.6) is 0 Å². The highest BCUT2D eigenvalue weighted by Gasteiger charge is 2.17. The number of hydrogen-bond donors (Lipinski definition) is 2. The van der Waals surface area contributed by atoms with Crippen LogP contribution in [0.2, 0.25) is 5.02 Å². The Morgan fingerprint density at radius 1 is 1.23 bits per heavy atom. The molecular weight excluding hydrogens is 446 g/mol. The molecule has 0 aromatic heterocycles. The normalized spacial score (nSPS) is 11.3. The Bertz CT molecular complexity index is 858. The molecule has 9 heteroatoms. The van der Waals surface area contributed by atoms with Crippen LogP contribution in [0.4, 0.5) is 10.1 Å². The number of anilines is 1. The minimum Gasteiger partial charge on any atom is -0.319 e. The van der Waals surface area contributed by atoms with Gasteiger partial charge in [-0.3, -0.25) is 4.79 Å². The van der Waals surface area contributed by atoms with Gasteiger partial charge in [-0.15, -0.1) is 0 Å². The average Bonchev–Trinajstić information content (AvgIpc) is 2.41. The van der Waals surface area contributed by atoms with Gasteiger partial charge < -0.3 is 5.32 Å². The lowest BCUT2D eigenvalue weighted by molar-refractivity contribution is 0.102. The molecule has 116 valence electrons. The fourth-order valence-electron chi connectivity index (χ4n) is 1.65. The van der Waals surface area contributed by atoms with Crippen molar-refractivity contribution >= 4 is 55.8 Å². The van der Waals surface area contributed by atoms with E-state index < -0.39 is 21.7 Å². The largest absolute Gasteiger partial charge is 0.319 e. The lowest BCUT2D eigenvalue weighted by atomic mass is 10.2. The van der Waals surface area contributed by atoms with E-state index >= 15 is 0 Å². The first kappa shape index (κ1) is 17.1. The third-order valence-corrected chi connectivity index (χ3v) is 4.74. The van der Waals surface area contributed by atoms with Crippen LogP contribution in [-0.2, 0) is 10.0 Å². The maximum absolute atomic E-state index is 13.7. The van der Waals surface area contributed by atoms with Crippen molar-refractivity contribution in [2.45, 2.75) is 4.90 Å². The third-order valence-electron chi connectivity index (χ3n) is 2.68. The van der Waals surface area contributed by atoms with Crippen LogP contribution < -0.4 is 10.5 Å². The molecule has 0 bridgehead atoms. The number of nitrogens with one attached hydrogen (secondary N) is 1. The van der Waals surface area contributed by atoms with Gasteiger partial charge in [0.05, 0.1) is 10.7 Å². The van der Waals surface area contributed by atoms with Crippen LogP contribution in [0.15, 0.2) is 41.3 Å². The van der Waals surface area contributed by atoms with E-state index in [2.05, 4.69) is 5.32 Å². The third kappa shape index (κ3) is 3.94. The topological polar surface area (TPSA) is 89.3 Å². The molecule has 0 unspecified atom stereocenters. The Balaban J connectivity index is 2.34. The standard InChI is InChI=1S/C13H9ClFIN2O3S/c14-9-3-1-7(5-12(9)22(17,20)21)13(19)18-11-4-2-8(16)6-10(11)15/h1-6H,(H,18,19)(H2,17,20,21). The van der Waals surface area contributed by atoms with Crippen molar-refractivity contribution in [1.29, 1.82) is 0 Å². The van der Waals surface area contributed by atoms with E-state index in [0.29, 0.717) is 3.57 Å². The first-order valence-electron chi connectivity index (χ1n) is 5.77. The van der Waals surface area contributed by atoms with Crippen LogP contribution in [0.1, 0.15) is 10.4 Å². The molecule has 0 atom stereocenters. The summed E-state index contributed by atoms with van der Waals surface area (Å²) in [6, 6.07) is 7.88. The van der Waals surface area contributed by atoms with E-state index in [4.69, 9.17) is 16.7 Å². The van der Waals surface area contributed by atoms with Gasteiger partial charge in [-0.1, -0.05) is 11.6 Å². The summed E-state index contributed by atoms with van der Waals surface area (Å²) in [7, 11) is -4.06. The Kier molecular flexibility index (Phi) is 5.05. The molecule has 2 rings (SSSR count). The summed E-state index contributed by atoms with van der Waals surface area (Å²) >= 11 is 7.67. The summed E-state index contributed by atoms with van der Waals surface area (Å²) in [5.41, 5.74) is -0.0242. The van der Waals surface area contributed by atoms with Crippen LogP contribution in [-0.4, -0.2) is 14.3 Å². The monoisotopic (exact) mass is 454 g/mol. The van der Waals surface area contributed by atoms with E-state index in [1.807, 2.05) is 22.6 Å². The summed E-state index contributed by atoms with van der Waals surface area (Å²) < 4.78 is 37.1. The van der Waals surface area contributed by atoms with Crippen molar-refractivity contribution in [2.75, 3.05) is 5.32 Å². The van der Waals surface area contributed by atoms with Crippen molar-refractivity contribution in [1.82, 2.24) is 0 Å². The van der Waals surface area contributed by atoms with Gasteiger partial charge in [-0.2, -0.15) is 0 Å². The van der Waals surface area contributed by atoms with Gasteiger partial charge in [-0.05, 0) is 59.0 Å². The predicted octanol–water partition coefficient (Wildman–Crippen LogP) is 2.98. The summed E-state index contributed by atoms with van der Waals surface area (Å²) in [4.78, 5) is 11.7. The van der Waals surface area contributed by atoms with Crippen LogP contribution in [0, 0.1) is 9.39 Å². The lowest BCUT2D eigenvalue weighted by Gasteiger charge is -2.08. The Hall–Kier alpha value is -1.23. The molecular formula is C13H9ClFIN2O3S. The molecule has 1 amide bonds. The van der Waals surface area contributed by atoms with Crippen LogP contribution >= 0.6 is 34.2 Å². The highest BCUT2D eigenvalue weighted by Crippen LogP contribution is 2.23. The Labute approximate surface area is 144 Å². The number of amides is 1. The minimum atomic E-state index is -4.06. The molecule has 22 heavy (non-hydrogen) atoms. The molecule has 0 aliphatic carbocycles. The number of hydrogen-bond acceptors (Lipinski definition) is 3. The second-order valence-electron chi connectivity index (χ2n) is 4.27. The zero-order valence-electron chi connectivity index (χ0n) is 10.8. The number of carbonyl (C=O) groups excluding carboxylic acids is 1. The van der Waals surface area contributed by atoms with Crippen molar-refractivity contribution in [3.05, 3.63) is 56.4 Å². The number of halogens is 3. The number of rotatable bonds is 3. The molecule has 0 aliphatic rings. The van der Waals surface area contributed by atoms with Crippen molar-refractivity contribution in [3.8, 4) is 0 Å². The Morgan fingerprint density at radius 2 is 1.91 bits per heavy atom. The van der Waals surface area contributed by atoms with E-state index in [9.17, 15) is 17.6 Å². The summed E-state index contributed by atoms with van der Waals surface area (Å²) in [6.45, 7) is 0. The second kappa shape index (κ2) is 6.49. The van der Waals surface area contributed by atoms with Crippen molar-refractivity contribution < 1.29 is 17.6 Å². The molecule has 2 aromatic carbocycles. The first-order valence-corrected chi connectivity index (χ1v) is 8.77. The minimum absolute atomic E-state index is 0.00799. The maximum Gasteiger partial charge on any atom is 0.255 e. The number of benzene rings is 2. The van der Waals surface area contributed by atoms with Gasteiger partial charge in [0.1, 0.15) is 10.7 Å². The van der Waals surface area contributed by atoms with Gasteiger partial charge in [0.2, 0.25) is 10.0 Å². The second-order valence-corrected chi connectivity index (χ2v) is 7.45. The lowest BCUT2D eigenvalue weighted by Crippen LogP contribution is -2.16. The molecule has 0 saturated heterocycles. The SMILES string of the molecule is NS(=O)(=O)c1cc(C(=O)Nc2ccc(I)cc2F)ccc1Cl. The molecule has 0 spiro atoms. The first-order chi connectivity index (χ1) is 10.2. The smallest absolute Gasteiger partial charge is 0.255 e. The Morgan fingerprint density at radius 3 is 2.50 bits per heavy atom. The van der Waals surface area contributed by atoms with Crippen LogP contribution in [0.3, 0.4) is 0 Å². The maximum atomic E-state index is 13.7. The number of carbonyl (C=O) groups is 1. The molecule has 2 aromatic rings. The quantitative estimate of drug-likeness (QED) is 0.699. The van der Waals surface area contributed by atoms with E-state index in [1.165, 1.54) is 24.3 Å². The summed E-state index contributed by atoms with van der Waals surface area (Å²) in [6.07, 6.45) is 0. The van der Waals surface area contributed by atoms with Gasteiger partial charge in [0.15, 0.2) is 0 Å². The molecule has 5 nitrogen and oxygen atoms in total. The number of primary sulfonamides is 1. The van der Waals surface area contributed by atoms with E-state index in [0.717, 1.165) is 6.07 Å². The van der Waals surface area contributed by atoms with Crippen molar-refractivity contribution in [3.63, 3.8) is 0 Å². The molecule has 0 saturated carbocycles. The summed E-state index contributed by atoms with van der Waals surface area (Å²) in [5.74, 6) is -1.28. The fraction of sp³-hybridized carbons (Fsp3) is 0. The fourth-order valence-corrected chi connectivity index (χ4v) is 3.17. The molecule has 3 N–H and O–H groups in total. The highest BCUT2D eigenvalue weighted by atomic mass is 127. The molecule has 0 fully saturated rings. The summed E-state index contributed by atoms with van der Waals surface area (Å²) in [5, 5.41) is 7.27. The van der Waals surface area contributed by atoms with Crippen LogP contribution in [0.25, 0.3) is 0 Å². The average molecular weight is 455 g/mol. The van der Waals surface area contributed by atoms with E-state index in [-0.39, 0.29) is 21.2 Å². The highest BCUT2D eigenvalue weighted by molar-refractivity contribution is 14.1. The van der Waals surface area contributed by atoms with Gasteiger partial charge >= 0.3 is 0 Å². The zero-order chi connectivity index (χ0) is 16.5. The molecule has 0 heterocycles. The van der Waals surface area contributed by atoms with Gasteiger partial charge in [-0.25, -0.2) is 17.9 Å². The number of sulfonamides is 1. The van der Waals surface area contributed by atoms with Gasteiger partial charge in [0, 0.05) is 9.13 Å². The van der Waals surface area contributed by atoms with Gasteiger partial charge in [0.25, 0.3) is 5.91 Å². The molecule has 0 aliphatic heterocycles. The van der Waals surface area contributed by atoms with E-state index in [1.54, 1.807) is 6.07 Å². The number of nitrogens with two attached hydrogens (primary N) is 1.